The van der Waals surface area contributed by atoms with Gasteiger partial charge in [0.05, 0.1) is 12.8 Å². The van der Waals surface area contributed by atoms with Crippen molar-refractivity contribution in [2.45, 2.75) is 6.92 Å². The van der Waals surface area contributed by atoms with Crippen LogP contribution in [0.25, 0.3) is 5.65 Å². The van der Waals surface area contributed by atoms with Gasteiger partial charge in [0.15, 0.2) is 11.3 Å². The van der Waals surface area contributed by atoms with E-state index in [4.69, 9.17) is 4.74 Å². The third-order valence-corrected chi connectivity index (χ3v) is 1.77. The number of carbonyl (C=O) groups is 1. The average molecular weight is 191 g/mol. The Morgan fingerprint density at radius 3 is 3.14 bits per heavy atom. The van der Waals surface area contributed by atoms with E-state index in [0.717, 1.165) is 0 Å². The molecule has 0 saturated heterocycles. The van der Waals surface area contributed by atoms with E-state index in [2.05, 4.69) is 10.1 Å². The minimum Gasteiger partial charge on any atom is -0.461 e. The van der Waals surface area contributed by atoms with Crippen LogP contribution in [0.2, 0.25) is 0 Å². The number of aromatic nitrogens is 3. The monoisotopic (exact) mass is 191 g/mol. The molecule has 0 saturated carbocycles. The van der Waals surface area contributed by atoms with Crippen LogP contribution in [0.4, 0.5) is 0 Å². The van der Waals surface area contributed by atoms with Gasteiger partial charge in [-0.25, -0.2) is 14.3 Å². The van der Waals surface area contributed by atoms with Crippen LogP contribution in [0.3, 0.4) is 0 Å². The number of fused-ring (bicyclic) bond motifs is 1. The minimum atomic E-state index is -0.386. The Balaban J connectivity index is 2.50. The molecule has 0 aliphatic carbocycles. The van der Waals surface area contributed by atoms with E-state index in [0.29, 0.717) is 17.9 Å². The highest BCUT2D eigenvalue weighted by Gasteiger charge is 2.11. The molecule has 2 heterocycles. The lowest BCUT2D eigenvalue weighted by Crippen LogP contribution is -2.11. The van der Waals surface area contributed by atoms with Gasteiger partial charge in [0.2, 0.25) is 0 Å². The summed E-state index contributed by atoms with van der Waals surface area (Å²) >= 11 is 0. The molecule has 0 unspecified atom stereocenters. The smallest absolute Gasteiger partial charge is 0.357 e. The second-order valence-electron chi connectivity index (χ2n) is 2.65. The molecule has 2 aromatic rings. The first kappa shape index (κ1) is 8.68. The van der Waals surface area contributed by atoms with Gasteiger partial charge in [0.25, 0.3) is 0 Å². The molecule has 2 aromatic heterocycles. The van der Waals surface area contributed by atoms with E-state index in [9.17, 15) is 4.79 Å². The Hall–Kier alpha value is -1.91. The topological polar surface area (TPSA) is 56.5 Å². The SMILES string of the molecule is CCOC(=O)c1ccnc2ccnn12. The summed E-state index contributed by atoms with van der Waals surface area (Å²) in [5, 5.41) is 3.98. The first-order valence-electron chi connectivity index (χ1n) is 4.29. The molecular weight excluding hydrogens is 182 g/mol. The lowest BCUT2D eigenvalue weighted by atomic mass is 10.4. The lowest BCUT2D eigenvalue weighted by Gasteiger charge is -2.02. The van der Waals surface area contributed by atoms with Crippen molar-refractivity contribution in [3.05, 3.63) is 30.2 Å². The van der Waals surface area contributed by atoms with E-state index in [1.165, 1.54) is 4.52 Å². The molecule has 0 fully saturated rings. The fourth-order valence-electron chi connectivity index (χ4n) is 1.19. The Labute approximate surface area is 80.3 Å². The molecule has 14 heavy (non-hydrogen) atoms. The molecule has 72 valence electrons. The molecule has 0 N–H and O–H groups in total. The second-order valence-corrected chi connectivity index (χ2v) is 2.65. The summed E-state index contributed by atoms with van der Waals surface area (Å²) in [7, 11) is 0. The predicted octanol–water partition coefficient (Wildman–Crippen LogP) is 0.906. The van der Waals surface area contributed by atoms with Crippen molar-refractivity contribution in [1.29, 1.82) is 0 Å². The van der Waals surface area contributed by atoms with Crippen molar-refractivity contribution >= 4 is 11.6 Å². The Kier molecular flexibility index (Phi) is 2.14. The van der Waals surface area contributed by atoms with Crippen LogP contribution >= 0.6 is 0 Å². The van der Waals surface area contributed by atoms with Gasteiger partial charge in [-0.05, 0) is 13.0 Å². The normalized spacial score (nSPS) is 10.4. The maximum atomic E-state index is 11.4. The van der Waals surface area contributed by atoms with Crippen molar-refractivity contribution in [3.63, 3.8) is 0 Å². The van der Waals surface area contributed by atoms with Crippen LogP contribution in [-0.2, 0) is 4.74 Å². The minimum absolute atomic E-state index is 0.351. The summed E-state index contributed by atoms with van der Waals surface area (Å²) < 4.78 is 6.33. The summed E-state index contributed by atoms with van der Waals surface area (Å²) in [6.07, 6.45) is 3.15. The van der Waals surface area contributed by atoms with Crippen LogP contribution < -0.4 is 0 Å². The Morgan fingerprint density at radius 2 is 2.36 bits per heavy atom. The first-order valence-corrected chi connectivity index (χ1v) is 4.29. The summed E-state index contributed by atoms with van der Waals surface area (Å²) in [4.78, 5) is 15.5. The molecule has 0 aliphatic rings. The van der Waals surface area contributed by atoms with Crippen LogP contribution in [0.1, 0.15) is 17.4 Å². The van der Waals surface area contributed by atoms with E-state index >= 15 is 0 Å². The average Bonchev–Trinajstić information content (AvgIpc) is 2.65. The lowest BCUT2D eigenvalue weighted by molar-refractivity contribution is 0.0516. The van der Waals surface area contributed by atoms with Crippen LogP contribution in [0.15, 0.2) is 24.5 Å². The van der Waals surface area contributed by atoms with Gasteiger partial charge in [-0.3, -0.25) is 0 Å². The number of ether oxygens (including phenoxy) is 1. The number of hydrogen-bond acceptors (Lipinski definition) is 4. The largest absolute Gasteiger partial charge is 0.461 e. The second kappa shape index (κ2) is 3.45. The molecule has 5 nitrogen and oxygen atoms in total. The van der Waals surface area contributed by atoms with Gasteiger partial charge < -0.3 is 4.74 Å². The molecule has 0 spiro atoms. The maximum Gasteiger partial charge on any atom is 0.357 e. The molecule has 0 aliphatic heterocycles. The third kappa shape index (κ3) is 1.32. The molecule has 0 amide bonds. The fraction of sp³-hybridized carbons (Fsp3) is 0.222. The summed E-state index contributed by atoms with van der Waals surface area (Å²) in [5.74, 6) is -0.386. The number of hydrogen-bond donors (Lipinski definition) is 0. The first-order chi connectivity index (χ1) is 6.83. The van der Waals surface area contributed by atoms with E-state index in [1.807, 2.05) is 0 Å². The van der Waals surface area contributed by atoms with Crippen molar-refractivity contribution < 1.29 is 9.53 Å². The standard InChI is InChI=1S/C9H9N3O2/c1-2-14-9(13)7-3-5-10-8-4-6-11-12(7)8/h3-6H,2H2,1H3. The number of esters is 1. The van der Waals surface area contributed by atoms with E-state index in [1.54, 1.807) is 31.5 Å². The highest BCUT2D eigenvalue weighted by Crippen LogP contribution is 2.04. The van der Waals surface area contributed by atoms with Crippen LogP contribution in [-0.4, -0.2) is 27.2 Å². The van der Waals surface area contributed by atoms with Crippen molar-refractivity contribution in [2.75, 3.05) is 6.61 Å². The van der Waals surface area contributed by atoms with E-state index < -0.39 is 0 Å². The highest BCUT2D eigenvalue weighted by molar-refractivity contribution is 5.87. The van der Waals surface area contributed by atoms with Crippen molar-refractivity contribution in [1.82, 2.24) is 14.6 Å². The van der Waals surface area contributed by atoms with Gasteiger partial charge in [0, 0.05) is 12.3 Å². The molecule has 0 bridgehead atoms. The molecule has 0 aromatic carbocycles. The zero-order valence-corrected chi connectivity index (χ0v) is 7.67. The molecule has 2 rings (SSSR count). The Bertz CT molecular complexity index is 464. The van der Waals surface area contributed by atoms with Gasteiger partial charge in [0.1, 0.15) is 0 Å². The summed E-state index contributed by atoms with van der Waals surface area (Å²) in [6, 6.07) is 3.31. The zero-order valence-electron chi connectivity index (χ0n) is 7.67. The molecular formula is C9H9N3O2. The number of carbonyl (C=O) groups excluding carboxylic acids is 1. The van der Waals surface area contributed by atoms with Gasteiger partial charge in [-0.1, -0.05) is 0 Å². The Morgan fingerprint density at radius 1 is 1.50 bits per heavy atom. The third-order valence-electron chi connectivity index (χ3n) is 1.77. The maximum absolute atomic E-state index is 11.4. The van der Waals surface area contributed by atoms with Crippen molar-refractivity contribution in [3.8, 4) is 0 Å². The van der Waals surface area contributed by atoms with Crippen LogP contribution in [0, 0.1) is 0 Å². The number of rotatable bonds is 2. The molecule has 0 atom stereocenters. The molecule has 5 heteroatoms. The zero-order chi connectivity index (χ0) is 9.97. The predicted molar refractivity (Wildman–Crippen MR) is 48.9 cm³/mol. The van der Waals surface area contributed by atoms with Gasteiger partial charge >= 0.3 is 5.97 Å². The molecule has 0 radical (unpaired) electrons. The van der Waals surface area contributed by atoms with Gasteiger partial charge in [-0.2, -0.15) is 5.10 Å². The van der Waals surface area contributed by atoms with Gasteiger partial charge in [-0.15, -0.1) is 0 Å². The van der Waals surface area contributed by atoms with E-state index in [-0.39, 0.29) is 5.97 Å². The highest BCUT2D eigenvalue weighted by atomic mass is 16.5. The van der Waals surface area contributed by atoms with Crippen molar-refractivity contribution in [2.24, 2.45) is 0 Å². The number of nitrogens with zero attached hydrogens (tertiary/aromatic N) is 3. The quantitative estimate of drug-likeness (QED) is 0.662. The summed E-state index contributed by atoms with van der Waals surface area (Å²) in [6.45, 7) is 2.11. The summed E-state index contributed by atoms with van der Waals surface area (Å²) in [5.41, 5.74) is 1.03. The fourth-order valence-corrected chi connectivity index (χ4v) is 1.19. The van der Waals surface area contributed by atoms with Crippen LogP contribution in [0.5, 0.6) is 0 Å².